The highest BCUT2D eigenvalue weighted by atomic mass is 35.5. The Balaban J connectivity index is 1.71. The number of likely N-dealkylation sites (N-methyl/N-ethyl adjacent to an activating group) is 1. The number of alkyl halides is 3. The van der Waals surface area contributed by atoms with E-state index in [4.69, 9.17) is 11.6 Å². The summed E-state index contributed by atoms with van der Waals surface area (Å²) in [6.45, 7) is 2.16. The molecule has 1 fully saturated rings. The summed E-state index contributed by atoms with van der Waals surface area (Å²) in [7, 11) is 3.75. The Labute approximate surface area is 196 Å². The van der Waals surface area contributed by atoms with Crippen LogP contribution in [0.3, 0.4) is 0 Å². The molecule has 0 saturated heterocycles. The quantitative estimate of drug-likeness (QED) is 0.556. The fraction of sp³-hybridized carbons (Fsp3) is 0.522. The van der Waals surface area contributed by atoms with E-state index < -0.39 is 23.4 Å². The summed E-state index contributed by atoms with van der Waals surface area (Å²) in [6.07, 6.45) is -1.81. The minimum absolute atomic E-state index is 0.0201. The number of phenolic OH excluding ortho intramolecular Hbond substituents is 1. The molecule has 0 aliphatic heterocycles. The first kappa shape index (κ1) is 25.2. The number of halogens is 4. The van der Waals surface area contributed by atoms with Crippen molar-refractivity contribution in [1.29, 1.82) is 0 Å². The van der Waals surface area contributed by atoms with Gasteiger partial charge in [-0.1, -0.05) is 17.7 Å². The zero-order valence-corrected chi connectivity index (χ0v) is 19.5. The molecule has 1 aromatic carbocycles. The Morgan fingerprint density at radius 2 is 1.91 bits per heavy atom. The van der Waals surface area contributed by atoms with E-state index in [0.717, 1.165) is 11.1 Å². The number of benzene rings is 1. The van der Waals surface area contributed by atoms with Gasteiger partial charge < -0.3 is 15.3 Å². The van der Waals surface area contributed by atoms with Crippen molar-refractivity contribution in [2.75, 3.05) is 20.6 Å². The number of nitrogens with zero attached hydrogens (tertiary/aromatic N) is 3. The summed E-state index contributed by atoms with van der Waals surface area (Å²) >= 11 is 5.80. The van der Waals surface area contributed by atoms with E-state index in [2.05, 4.69) is 15.3 Å². The van der Waals surface area contributed by atoms with Gasteiger partial charge in [0.25, 0.3) is 0 Å². The molecule has 1 unspecified atom stereocenters. The van der Waals surface area contributed by atoms with E-state index in [1.807, 2.05) is 32.0 Å². The van der Waals surface area contributed by atoms with Crippen LogP contribution in [0.2, 0.25) is 5.02 Å². The number of phenols is 1. The first-order chi connectivity index (χ1) is 15.4. The zero-order chi connectivity index (χ0) is 24.4. The lowest BCUT2D eigenvalue weighted by Crippen LogP contribution is -2.43. The molecular weight excluding hydrogens is 457 g/mol. The summed E-state index contributed by atoms with van der Waals surface area (Å²) in [5.41, 5.74) is -0.0430. The Kier molecular flexibility index (Phi) is 7.53. The van der Waals surface area contributed by atoms with Crippen LogP contribution in [-0.2, 0) is 11.2 Å². The van der Waals surface area contributed by atoms with Crippen molar-refractivity contribution < 1.29 is 23.1 Å². The van der Waals surface area contributed by atoms with Crippen molar-refractivity contribution >= 4 is 17.5 Å². The van der Waals surface area contributed by atoms with Gasteiger partial charge >= 0.3 is 6.18 Å². The second-order valence-electron chi connectivity index (χ2n) is 8.91. The van der Waals surface area contributed by atoms with Crippen LogP contribution >= 0.6 is 11.6 Å². The van der Waals surface area contributed by atoms with Gasteiger partial charge in [0, 0.05) is 37.3 Å². The number of rotatable bonds is 9. The van der Waals surface area contributed by atoms with Gasteiger partial charge in [0.2, 0.25) is 5.91 Å². The number of hydrogen-bond acceptors (Lipinski definition) is 5. The maximum Gasteiger partial charge on any atom is 0.395 e. The molecule has 1 aliphatic rings. The average Bonchev–Trinajstić information content (AvgIpc) is 3.53. The highest BCUT2D eigenvalue weighted by Gasteiger charge is 2.68. The Hall–Kier alpha value is -2.39. The SMILES string of the molecule is Cc1cc(O)ccc1C[C@@H](CNC(=O)CC(c1ncc(Cl)cn1)C1(C(F)(F)F)CC1)N(C)C. The number of amides is 1. The van der Waals surface area contributed by atoms with Gasteiger partial charge in [-0.25, -0.2) is 9.97 Å². The van der Waals surface area contributed by atoms with Crippen LogP contribution in [0.15, 0.2) is 30.6 Å². The number of hydrogen-bond donors (Lipinski definition) is 2. The van der Waals surface area contributed by atoms with E-state index >= 15 is 0 Å². The highest BCUT2D eigenvalue weighted by Crippen LogP contribution is 2.65. The second-order valence-corrected chi connectivity index (χ2v) is 9.34. The largest absolute Gasteiger partial charge is 0.508 e. The zero-order valence-electron chi connectivity index (χ0n) is 18.8. The molecular formula is C23H28ClF3N4O2. The molecule has 6 nitrogen and oxygen atoms in total. The first-order valence-corrected chi connectivity index (χ1v) is 11.1. The lowest BCUT2D eigenvalue weighted by Gasteiger charge is -2.29. The summed E-state index contributed by atoms with van der Waals surface area (Å²) in [5.74, 6) is -1.50. The van der Waals surface area contributed by atoms with E-state index in [0.29, 0.717) is 6.42 Å². The van der Waals surface area contributed by atoms with Crippen LogP contribution < -0.4 is 5.32 Å². The second kappa shape index (κ2) is 9.85. The molecule has 0 bridgehead atoms. The number of aromatic nitrogens is 2. The van der Waals surface area contributed by atoms with E-state index in [9.17, 15) is 23.1 Å². The van der Waals surface area contributed by atoms with Crippen LogP contribution in [0.25, 0.3) is 0 Å². The Bertz CT molecular complexity index is 979. The molecule has 2 aromatic rings. The third kappa shape index (κ3) is 5.95. The predicted molar refractivity (Wildman–Crippen MR) is 119 cm³/mol. The molecule has 2 atom stereocenters. The van der Waals surface area contributed by atoms with Crippen LogP contribution in [0, 0.1) is 12.3 Å². The van der Waals surface area contributed by atoms with Gasteiger partial charge in [0.05, 0.1) is 10.4 Å². The lowest BCUT2D eigenvalue weighted by molar-refractivity contribution is -0.195. The minimum Gasteiger partial charge on any atom is -0.508 e. The lowest BCUT2D eigenvalue weighted by atomic mass is 9.84. The standard InChI is InChI=1S/C23H28ClF3N4O2/c1-14-8-18(32)5-4-15(14)9-17(31(2)3)13-28-20(33)10-19(21-29-11-16(24)12-30-21)22(6-7-22)23(25,26)27/h4-5,8,11-12,17,19,32H,6-7,9-10,13H2,1-3H3,(H,28,33)/t17-,19?/m0/s1. The summed E-state index contributed by atoms with van der Waals surface area (Å²) in [6, 6.07) is 5.02. The number of aryl methyl sites for hydroxylation is 1. The molecule has 2 N–H and O–H groups in total. The summed E-state index contributed by atoms with van der Waals surface area (Å²) in [5, 5.41) is 12.6. The summed E-state index contributed by atoms with van der Waals surface area (Å²) in [4.78, 5) is 22.7. The molecule has 1 saturated carbocycles. The normalized spacial score (nSPS) is 17.0. The van der Waals surface area contributed by atoms with Crippen LogP contribution in [0.5, 0.6) is 5.75 Å². The van der Waals surface area contributed by atoms with E-state index in [-0.39, 0.29) is 48.4 Å². The maximum atomic E-state index is 13.9. The summed E-state index contributed by atoms with van der Waals surface area (Å²) < 4.78 is 41.6. The molecule has 1 amide bonds. The van der Waals surface area contributed by atoms with Crippen LogP contribution in [-0.4, -0.2) is 58.7 Å². The van der Waals surface area contributed by atoms with Crippen molar-refractivity contribution in [1.82, 2.24) is 20.2 Å². The fourth-order valence-corrected chi connectivity index (χ4v) is 4.19. The Morgan fingerprint density at radius 3 is 2.42 bits per heavy atom. The van der Waals surface area contributed by atoms with Gasteiger partial charge in [0.15, 0.2) is 0 Å². The molecule has 33 heavy (non-hydrogen) atoms. The van der Waals surface area contributed by atoms with Gasteiger partial charge in [-0.2, -0.15) is 13.2 Å². The molecule has 1 aliphatic carbocycles. The van der Waals surface area contributed by atoms with Crippen LogP contribution in [0.1, 0.15) is 42.1 Å². The number of carbonyl (C=O) groups is 1. The average molecular weight is 485 g/mol. The van der Waals surface area contributed by atoms with Crippen LogP contribution in [0.4, 0.5) is 13.2 Å². The minimum atomic E-state index is -4.45. The Morgan fingerprint density at radius 1 is 1.27 bits per heavy atom. The smallest absolute Gasteiger partial charge is 0.395 e. The number of nitrogens with one attached hydrogen (secondary N) is 1. The molecule has 0 spiro atoms. The fourth-order valence-electron chi connectivity index (χ4n) is 4.09. The first-order valence-electron chi connectivity index (χ1n) is 10.7. The molecule has 180 valence electrons. The van der Waals surface area contributed by atoms with Crippen molar-refractivity contribution in [3.8, 4) is 5.75 Å². The van der Waals surface area contributed by atoms with E-state index in [1.54, 1.807) is 12.1 Å². The molecule has 1 aromatic heterocycles. The third-order valence-corrected chi connectivity index (χ3v) is 6.60. The third-order valence-electron chi connectivity index (χ3n) is 6.41. The number of aromatic hydroxyl groups is 1. The predicted octanol–water partition coefficient (Wildman–Crippen LogP) is 4.25. The molecule has 1 heterocycles. The van der Waals surface area contributed by atoms with Gasteiger partial charge in [-0.15, -0.1) is 0 Å². The topological polar surface area (TPSA) is 78.3 Å². The van der Waals surface area contributed by atoms with Crippen molar-refractivity contribution in [2.24, 2.45) is 5.41 Å². The van der Waals surface area contributed by atoms with Gasteiger partial charge in [0.1, 0.15) is 11.6 Å². The molecule has 10 heteroatoms. The number of carbonyl (C=O) groups excluding carboxylic acids is 1. The monoisotopic (exact) mass is 484 g/mol. The van der Waals surface area contributed by atoms with Gasteiger partial charge in [-0.05, 0) is 63.5 Å². The highest BCUT2D eigenvalue weighted by molar-refractivity contribution is 6.30. The van der Waals surface area contributed by atoms with Crippen molar-refractivity contribution in [3.05, 3.63) is 52.6 Å². The van der Waals surface area contributed by atoms with Gasteiger partial charge in [-0.3, -0.25) is 4.79 Å². The molecule has 3 rings (SSSR count). The van der Waals surface area contributed by atoms with E-state index in [1.165, 1.54) is 12.4 Å². The molecule has 0 radical (unpaired) electrons. The van der Waals surface area contributed by atoms with Crippen molar-refractivity contribution in [2.45, 2.75) is 50.7 Å². The maximum absolute atomic E-state index is 13.9. The van der Waals surface area contributed by atoms with Crippen molar-refractivity contribution in [3.63, 3.8) is 0 Å².